The largest absolute Gasteiger partial charge is 0.490 e. The Hall–Kier alpha value is -3.55. The third-order valence-electron chi connectivity index (χ3n) is 6.28. The zero-order valence-corrected chi connectivity index (χ0v) is 20.9. The number of para-hydroxylation sites is 1. The molecule has 3 aromatic carbocycles. The quantitative estimate of drug-likeness (QED) is 0.372. The van der Waals surface area contributed by atoms with E-state index in [2.05, 4.69) is 0 Å². The second-order valence-corrected chi connectivity index (χ2v) is 9.07. The van der Waals surface area contributed by atoms with Crippen molar-refractivity contribution in [2.45, 2.75) is 32.4 Å². The fourth-order valence-corrected chi connectivity index (χ4v) is 4.83. The number of ether oxygens (including phenoxy) is 2. The summed E-state index contributed by atoms with van der Waals surface area (Å²) in [7, 11) is 0. The van der Waals surface area contributed by atoms with Gasteiger partial charge in [0.15, 0.2) is 17.6 Å². The third-order valence-corrected chi connectivity index (χ3v) is 6.53. The van der Waals surface area contributed by atoms with Crippen molar-refractivity contribution in [2.75, 3.05) is 23.2 Å². The van der Waals surface area contributed by atoms with Gasteiger partial charge < -0.3 is 9.47 Å². The zero-order chi connectivity index (χ0) is 25.2. The number of fused-ring (bicyclic) bond motifs is 1. The molecule has 8 heteroatoms. The topological polar surface area (TPSA) is 68.3 Å². The number of hydrogen-bond acceptors (Lipinski definition) is 6. The Kier molecular flexibility index (Phi) is 6.85. The minimum absolute atomic E-state index is 0.319. The van der Waals surface area contributed by atoms with E-state index in [9.17, 15) is 9.59 Å². The van der Waals surface area contributed by atoms with E-state index in [1.54, 1.807) is 29.3 Å². The Morgan fingerprint density at radius 2 is 1.61 bits per heavy atom. The van der Waals surface area contributed by atoms with Crippen LogP contribution in [0.2, 0.25) is 5.02 Å². The summed E-state index contributed by atoms with van der Waals surface area (Å²) >= 11 is 6.02. The number of anilines is 2. The number of hydrogen-bond donors (Lipinski definition) is 0. The molecule has 0 bridgehead atoms. The van der Waals surface area contributed by atoms with Crippen LogP contribution >= 0.6 is 11.6 Å². The molecule has 0 N–H and O–H groups in total. The highest BCUT2D eigenvalue weighted by Crippen LogP contribution is 2.48. The summed E-state index contributed by atoms with van der Waals surface area (Å²) in [6.45, 7) is 4.97. The molecule has 2 heterocycles. The van der Waals surface area contributed by atoms with Gasteiger partial charge in [-0.2, -0.15) is 0 Å². The number of imide groups is 1. The predicted molar refractivity (Wildman–Crippen MR) is 137 cm³/mol. The van der Waals surface area contributed by atoms with Gasteiger partial charge in [-0.3, -0.25) is 14.4 Å². The minimum Gasteiger partial charge on any atom is -0.490 e. The molecule has 186 valence electrons. The van der Waals surface area contributed by atoms with Crippen molar-refractivity contribution in [1.82, 2.24) is 0 Å². The van der Waals surface area contributed by atoms with Crippen molar-refractivity contribution in [2.24, 2.45) is 5.92 Å². The molecule has 36 heavy (non-hydrogen) atoms. The normalized spacial score (nSPS) is 21.1. The average Bonchev–Trinajstić information content (AvgIpc) is 3.40. The van der Waals surface area contributed by atoms with Gasteiger partial charge in [-0.25, -0.2) is 9.96 Å². The van der Waals surface area contributed by atoms with Gasteiger partial charge in [0.1, 0.15) is 5.92 Å². The summed E-state index contributed by atoms with van der Waals surface area (Å²) in [5.41, 5.74) is 2.01. The lowest BCUT2D eigenvalue weighted by Gasteiger charge is -2.29. The molecule has 3 aromatic rings. The standard InChI is InChI=1S/C28H27ClN2O5/c1-3-16-35-22-15-10-18(17-23(22)34-4-2)25-24-26(36-31(25)21-8-6-5-7-9-21)28(33)30(27(24)32)20-13-11-19(29)12-14-20/h5-15,17,24-26H,3-4,16H2,1-2H3/t24-,25-,26+/m1/s1. The van der Waals surface area contributed by atoms with Crippen LogP contribution in [-0.2, 0) is 14.4 Å². The van der Waals surface area contributed by atoms with Crippen molar-refractivity contribution < 1.29 is 23.9 Å². The van der Waals surface area contributed by atoms with Gasteiger partial charge in [0, 0.05) is 5.02 Å². The summed E-state index contributed by atoms with van der Waals surface area (Å²) < 4.78 is 11.7. The summed E-state index contributed by atoms with van der Waals surface area (Å²) in [6, 6.07) is 21.2. The van der Waals surface area contributed by atoms with Gasteiger partial charge in [0.2, 0.25) is 5.91 Å². The fraction of sp³-hybridized carbons (Fsp3) is 0.286. The predicted octanol–water partition coefficient (Wildman–Crippen LogP) is 5.58. The van der Waals surface area contributed by atoms with Crippen molar-refractivity contribution >= 4 is 34.8 Å². The van der Waals surface area contributed by atoms with Gasteiger partial charge in [-0.1, -0.05) is 42.8 Å². The maximum atomic E-state index is 13.8. The summed E-state index contributed by atoms with van der Waals surface area (Å²) in [5.74, 6) is -0.235. The van der Waals surface area contributed by atoms with Gasteiger partial charge in [0.25, 0.3) is 5.91 Å². The smallest absolute Gasteiger partial charge is 0.266 e. The summed E-state index contributed by atoms with van der Waals surface area (Å²) in [6.07, 6.45) is -0.0862. The van der Waals surface area contributed by atoms with Crippen LogP contribution in [0.5, 0.6) is 11.5 Å². The summed E-state index contributed by atoms with van der Waals surface area (Å²) in [4.78, 5) is 34.6. The fourth-order valence-electron chi connectivity index (χ4n) is 4.71. The van der Waals surface area contributed by atoms with Crippen LogP contribution in [0.4, 0.5) is 11.4 Å². The third kappa shape index (κ3) is 4.29. The molecule has 0 unspecified atom stereocenters. The average molecular weight is 507 g/mol. The van der Waals surface area contributed by atoms with E-state index < -0.39 is 24.0 Å². The Bertz CT molecular complexity index is 1250. The first-order valence-corrected chi connectivity index (χ1v) is 12.4. The molecular formula is C28H27ClN2O5. The highest BCUT2D eigenvalue weighted by molar-refractivity contribution is 6.31. The Balaban J connectivity index is 1.57. The number of nitrogens with zero attached hydrogens (tertiary/aromatic N) is 2. The van der Waals surface area contributed by atoms with Crippen LogP contribution in [0.25, 0.3) is 0 Å². The zero-order valence-electron chi connectivity index (χ0n) is 20.1. The van der Waals surface area contributed by atoms with E-state index >= 15 is 0 Å². The first kappa shape index (κ1) is 24.2. The molecular weight excluding hydrogens is 480 g/mol. The second kappa shape index (κ2) is 10.2. The van der Waals surface area contributed by atoms with Gasteiger partial charge >= 0.3 is 0 Å². The number of halogens is 1. The van der Waals surface area contributed by atoms with E-state index in [0.29, 0.717) is 35.4 Å². The Morgan fingerprint density at radius 1 is 0.861 bits per heavy atom. The Labute approximate surface area is 215 Å². The molecule has 2 aliphatic rings. The SMILES string of the molecule is CCCOc1ccc([C@@H]2[C@H]3C(=O)N(c4ccc(Cl)cc4)C(=O)[C@H]3ON2c2ccccc2)cc1OCC. The number of carbonyl (C=O) groups is 2. The highest BCUT2D eigenvalue weighted by Gasteiger charge is 2.60. The van der Waals surface area contributed by atoms with E-state index in [4.69, 9.17) is 25.9 Å². The van der Waals surface area contributed by atoms with Crippen molar-refractivity contribution in [3.8, 4) is 11.5 Å². The molecule has 0 spiro atoms. The lowest BCUT2D eigenvalue weighted by molar-refractivity contribution is -0.126. The minimum atomic E-state index is -0.954. The van der Waals surface area contributed by atoms with E-state index in [-0.39, 0.29) is 5.91 Å². The molecule has 5 rings (SSSR count). The van der Waals surface area contributed by atoms with Crippen molar-refractivity contribution in [3.63, 3.8) is 0 Å². The lowest BCUT2D eigenvalue weighted by Crippen LogP contribution is -2.37. The van der Waals surface area contributed by atoms with Gasteiger partial charge in [-0.05, 0) is 67.4 Å². The molecule has 7 nitrogen and oxygen atoms in total. The van der Waals surface area contributed by atoms with Gasteiger partial charge in [-0.15, -0.1) is 0 Å². The highest BCUT2D eigenvalue weighted by atomic mass is 35.5. The number of carbonyl (C=O) groups excluding carboxylic acids is 2. The summed E-state index contributed by atoms with van der Waals surface area (Å²) in [5, 5.41) is 2.19. The van der Waals surface area contributed by atoms with Crippen LogP contribution in [0, 0.1) is 5.92 Å². The van der Waals surface area contributed by atoms with Crippen molar-refractivity contribution in [1.29, 1.82) is 0 Å². The molecule has 0 aromatic heterocycles. The van der Waals surface area contributed by atoms with E-state index in [1.165, 1.54) is 4.90 Å². The number of amides is 2. The first-order chi connectivity index (χ1) is 17.5. The molecule has 2 fully saturated rings. The maximum absolute atomic E-state index is 13.8. The lowest BCUT2D eigenvalue weighted by atomic mass is 9.90. The molecule has 0 aliphatic carbocycles. The maximum Gasteiger partial charge on any atom is 0.266 e. The molecule has 0 radical (unpaired) electrons. The molecule has 3 atom stereocenters. The molecule has 2 amide bonds. The molecule has 0 saturated carbocycles. The first-order valence-electron chi connectivity index (χ1n) is 12.1. The monoisotopic (exact) mass is 506 g/mol. The van der Waals surface area contributed by atoms with Crippen LogP contribution < -0.4 is 19.4 Å². The number of hydroxylamine groups is 1. The molecule has 2 aliphatic heterocycles. The van der Waals surface area contributed by atoms with Gasteiger partial charge in [0.05, 0.1) is 30.6 Å². The van der Waals surface area contributed by atoms with Crippen molar-refractivity contribution in [3.05, 3.63) is 83.4 Å². The molecule has 2 saturated heterocycles. The van der Waals surface area contributed by atoms with Crippen LogP contribution in [0.3, 0.4) is 0 Å². The van der Waals surface area contributed by atoms with E-state index in [0.717, 1.165) is 17.7 Å². The Morgan fingerprint density at radius 3 is 2.31 bits per heavy atom. The van der Waals surface area contributed by atoms with Crippen LogP contribution in [-0.4, -0.2) is 31.1 Å². The van der Waals surface area contributed by atoms with E-state index in [1.807, 2.05) is 62.4 Å². The number of rotatable bonds is 8. The van der Waals surface area contributed by atoms with Crippen LogP contribution in [0.15, 0.2) is 72.8 Å². The second-order valence-electron chi connectivity index (χ2n) is 8.63. The van der Waals surface area contributed by atoms with Crippen LogP contribution in [0.1, 0.15) is 31.9 Å². The number of benzene rings is 3.